The van der Waals surface area contributed by atoms with Crippen LogP contribution in [0.2, 0.25) is 0 Å². The molecule has 1 aliphatic rings. The summed E-state index contributed by atoms with van der Waals surface area (Å²) in [5, 5.41) is 18.4. The minimum absolute atomic E-state index is 0.0541. The van der Waals surface area contributed by atoms with Crippen LogP contribution in [0.4, 0.5) is 0 Å². The molecule has 0 aliphatic carbocycles. The smallest absolute Gasteiger partial charge is 0.501 e. The fourth-order valence-corrected chi connectivity index (χ4v) is 1.96. The average molecular weight is 218 g/mol. The molecule has 2 rings (SSSR count). The van der Waals surface area contributed by atoms with E-state index in [0.29, 0.717) is 5.56 Å². The van der Waals surface area contributed by atoms with Gasteiger partial charge >= 0.3 is 10.4 Å². The predicted molar refractivity (Wildman–Crippen MR) is 44.7 cm³/mol. The Morgan fingerprint density at radius 2 is 1.93 bits per heavy atom. The second kappa shape index (κ2) is 2.44. The van der Waals surface area contributed by atoms with Crippen LogP contribution in [-0.2, 0) is 10.4 Å². The highest BCUT2D eigenvalue weighted by Gasteiger charge is 2.30. The minimum atomic E-state index is -4.16. The van der Waals surface area contributed by atoms with Crippen molar-refractivity contribution in [3.8, 4) is 23.0 Å². The number of hydrogen-bond acceptors (Lipinski definition) is 6. The number of fused-ring (bicyclic) bond motifs is 2. The summed E-state index contributed by atoms with van der Waals surface area (Å²) in [6.45, 7) is 1.50. The van der Waals surface area contributed by atoms with Crippen LogP contribution < -0.4 is 8.37 Å². The van der Waals surface area contributed by atoms with Gasteiger partial charge in [0.15, 0.2) is 17.2 Å². The van der Waals surface area contributed by atoms with Crippen LogP contribution in [-0.4, -0.2) is 18.6 Å². The maximum atomic E-state index is 10.9. The molecule has 0 fully saturated rings. The summed E-state index contributed by atoms with van der Waals surface area (Å²) in [6.07, 6.45) is 0. The third-order valence-corrected chi connectivity index (χ3v) is 2.57. The van der Waals surface area contributed by atoms with Crippen LogP contribution in [0.15, 0.2) is 6.07 Å². The maximum Gasteiger partial charge on any atom is 0.501 e. The summed E-state index contributed by atoms with van der Waals surface area (Å²) >= 11 is 0. The first-order valence-electron chi connectivity index (χ1n) is 3.60. The molecular weight excluding hydrogens is 212 g/mol. The van der Waals surface area contributed by atoms with E-state index >= 15 is 0 Å². The van der Waals surface area contributed by atoms with Crippen LogP contribution in [0.5, 0.6) is 23.0 Å². The molecule has 76 valence electrons. The molecule has 1 heterocycles. The summed E-state index contributed by atoms with van der Waals surface area (Å²) in [5.74, 6) is -1.46. The van der Waals surface area contributed by atoms with Gasteiger partial charge in [-0.3, -0.25) is 0 Å². The van der Waals surface area contributed by atoms with E-state index in [1.165, 1.54) is 6.92 Å². The maximum absolute atomic E-state index is 10.9. The van der Waals surface area contributed by atoms with E-state index in [1.807, 2.05) is 0 Å². The van der Waals surface area contributed by atoms with Gasteiger partial charge in [-0.2, -0.15) is 0 Å². The van der Waals surface area contributed by atoms with Crippen molar-refractivity contribution >= 4 is 10.4 Å². The van der Waals surface area contributed by atoms with Crippen molar-refractivity contribution in [3.63, 3.8) is 0 Å². The SMILES string of the molecule is Cc1c2cc(O)c(O)c1OS(=O)(=O)O2. The molecule has 6 nitrogen and oxygen atoms in total. The van der Waals surface area contributed by atoms with Crippen molar-refractivity contribution in [2.45, 2.75) is 6.92 Å². The summed E-state index contributed by atoms with van der Waals surface area (Å²) in [6, 6.07) is 1.01. The molecule has 7 heteroatoms. The second-order valence-corrected chi connectivity index (χ2v) is 3.92. The molecular formula is C7H6O6S. The zero-order chi connectivity index (χ0) is 10.5. The number of hydrogen-bond donors (Lipinski definition) is 2. The van der Waals surface area contributed by atoms with Crippen molar-refractivity contribution in [1.29, 1.82) is 0 Å². The molecule has 14 heavy (non-hydrogen) atoms. The Labute approximate surface area is 79.6 Å². The third kappa shape index (κ3) is 1.13. The van der Waals surface area contributed by atoms with Gasteiger partial charge < -0.3 is 18.6 Å². The second-order valence-electron chi connectivity index (χ2n) is 2.77. The summed E-state index contributed by atoms with van der Waals surface area (Å²) in [7, 11) is -4.16. The number of rotatable bonds is 0. The van der Waals surface area contributed by atoms with Gasteiger partial charge in [0, 0.05) is 11.6 Å². The first-order valence-corrected chi connectivity index (χ1v) is 4.93. The van der Waals surface area contributed by atoms with E-state index in [0.717, 1.165) is 6.07 Å². The van der Waals surface area contributed by atoms with Crippen molar-refractivity contribution in [2.75, 3.05) is 0 Å². The average Bonchev–Trinajstić information content (AvgIpc) is 2.06. The number of benzene rings is 1. The van der Waals surface area contributed by atoms with Gasteiger partial charge in [0.05, 0.1) is 0 Å². The van der Waals surface area contributed by atoms with Crippen molar-refractivity contribution in [3.05, 3.63) is 11.6 Å². The lowest BCUT2D eigenvalue weighted by Crippen LogP contribution is -2.21. The molecule has 0 amide bonds. The van der Waals surface area contributed by atoms with Gasteiger partial charge in [-0.1, -0.05) is 0 Å². The molecule has 0 atom stereocenters. The Morgan fingerprint density at radius 3 is 2.57 bits per heavy atom. The minimum Gasteiger partial charge on any atom is -0.504 e. The molecule has 1 aromatic rings. The fourth-order valence-electron chi connectivity index (χ4n) is 1.12. The normalized spacial score (nSPS) is 16.9. The van der Waals surface area contributed by atoms with E-state index in [9.17, 15) is 13.5 Å². The highest BCUT2D eigenvalue weighted by atomic mass is 32.3. The van der Waals surface area contributed by atoms with E-state index in [2.05, 4.69) is 8.37 Å². The monoisotopic (exact) mass is 218 g/mol. The van der Waals surface area contributed by atoms with Gasteiger partial charge in [-0.05, 0) is 6.92 Å². The lowest BCUT2D eigenvalue weighted by atomic mass is 10.2. The van der Waals surface area contributed by atoms with Gasteiger partial charge in [0.2, 0.25) is 5.75 Å². The molecule has 2 N–H and O–H groups in total. The van der Waals surface area contributed by atoms with Crippen LogP contribution >= 0.6 is 0 Å². The van der Waals surface area contributed by atoms with Crippen molar-refractivity contribution < 1.29 is 27.0 Å². The molecule has 0 saturated heterocycles. The predicted octanol–water partition coefficient (Wildman–Crippen LogP) is 0.422. The van der Waals surface area contributed by atoms with E-state index in [-0.39, 0.29) is 11.5 Å². The highest BCUT2D eigenvalue weighted by Crippen LogP contribution is 2.46. The highest BCUT2D eigenvalue weighted by molar-refractivity contribution is 7.82. The van der Waals surface area contributed by atoms with Gasteiger partial charge in [0.25, 0.3) is 0 Å². The molecule has 0 unspecified atom stereocenters. The Morgan fingerprint density at radius 1 is 1.29 bits per heavy atom. The summed E-state index contributed by atoms with van der Waals surface area (Å²) in [5.41, 5.74) is 0.315. The number of phenolic OH excluding ortho intramolecular Hbond substituents is 2. The van der Waals surface area contributed by atoms with Crippen LogP contribution in [0.3, 0.4) is 0 Å². The largest absolute Gasteiger partial charge is 0.504 e. The first kappa shape index (κ1) is 8.95. The van der Waals surface area contributed by atoms with Crippen LogP contribution in [0.1, 0.15) is 5.56 Å². The molecule has 2 bridgehead atoms. The quantitative estimate of drug-likeness (QED) is 0.613. The molecule has 0 aromatic heterocycles. The number of aromatic hydroxyl groups is 2. The zero-order valence-corrected chi connectivity index (χ0v) is 7.83. The lowest BCUT2D eigenvalue weighted by Gasteiger charge is -2.19. The third-order valence-electron chi connectivity index (χ3n) is 1.81. The molecule has 1 aliphatic heterocycles. The van der Waals surface area contributed by atoms with Gasteiger partial charge in [-0.15, -0.1) is 8.42 Å². The van der Waals surface area contributed by atoms with Crippen LogP contribution in [0.25, 0.3) is 0 Å². The zero-order valence-electron chi connectivity index (χ0n) is 7.01. The molecule has 0 saturated carbocycles. The van der Waals surface area contributed by atoms with E-state index < -0.39 is 21.9 Å². The number of phenols is 2. The van der Waals surface area contributed by atoms with Crippen molar-refractivity contribution in [2.24, 2.45) is 0 Å². The molecule has 0 radical (unpaired) electrons. The summed E-state index contributed by atoms with van der Waals surface area (Å²) < 4.78 is 30.6. The fraction of sp³-hybridized carbons (Fsp3) is 0.143. The topological polar surface area (TPSA) is 93.1 Å². The van der Waals surface area contributed by atoms with Crippen molar-refractivity contribution in [1.82, 2.24) is 0 Å². The Kier molecular flexibility index (Phi) is 1.56. The Hall–Kier alpha value is -1.63. The lowest BCUT2D eigenvalue weighted by molar-refractivity contribution is 0.339. The Bertz CT molecular complexity index is 497. The molecule has 0 spiro atoms. The standard InChI is InChI=1S/C7H6O6S/c1-3-5-2-4(8)6(9)7(3)13-14(10,11)12-5/h2,8-9H,1H3. The Balaban J connectivity index is 2.76. The summed E-state index contributed by atoms with van der Waals surface area (Å²) in [4.78, 5) is 0. The van der Waals surface area contributed by atoms with E-state index in [4.69, 9.17) is 5.11 Å². The van der Waals surface area contributed by atoms with Gasteiger partial charge in [0.1, 0.15) is 0 Å². The van der Waals surface area contributed by atoms with Gasteiger partial charge in [-0.25, -0.2) is 0 Å². The first-order chi connectivity index (χ1) is 6.41. The molecule has 1 aromatic carbocycles. The van der Waals surface area contributed by atoms with Crippen LogP contribution in [0, 0.1) is 6.92 Å². The van der Waals surface area contributed by atoms with E-state index in [1.54, 1.807) is 0 Å².